The third-order valence-corrected chi connectivity index (χ3v) is 7.36. The Morgan fingerprint density at radius 1 is 0.829 bits per heavy atom. The van der Waals surface area contributed by atoms with Crippen LogP contribution in [0.3, 0.4) is 0 Å². The lowest BCUT2D eigenvalue weighted by molar-refractivity contribution is -0.147. The minimum Gasteiger partial charge on any atom is -0.497 e. The Morgan fingerprint density at radius 2 is 1.61 bits per heavy atom. The molecule has 3 unspecified atom stereocenters. The Kier molecular flexibility index (Phi) is 8.52. The van der Waals surface area contributed by atoms with Gasteiger partial charge in [-0.05, 0) is 60.4 Å². The molecule has 1 heterocycles. The van der Waals surface area contributed by atoms with Crippen molar-refractivity contribution in [3.05, 3.63) is 76.9 Å². The molecule has 0 saturated carbocycles. The third-order valence-electron chi connectivity index (χ3n) is 7.36. The van der Waals surface area contributed by atoms with Crippen molar-refractivity contribution >= 4 is 11.9 Å². The maximum atomic E-state index is 13.7. The summed E-state index contributed by atoms with van der Waals surface area (Å²) >= 11 is 0. The van der Waals surface area contributed by atoms with Crippen molar-refractivity contribution in [2.75, 3.05) is 40.8 Å². The van der Waals surface area contributed by atoms with Crippen molar-refractivity contribution < 1.29 is 42.7 Å². The Labute approximate surface area is 239 Å². The molecular formula is C32H34O9. The SMILES string of the molecule is CCCOc1ccc2c(c1)C(c1ccc(OC)cc1OCC(=O)OCC)C(C(=O)OC)C2c1ccc2c(c1)OCO2. The van der Waals surface area contributed by atoms with Gasteiger partial charge in [-0.1, -0.05) is 25.1 Å². The van der Waals surface area contributed by atoms with Gasteiger partial charge < -0.3 is 33.2 Å². The van der Waals surface area contributed by atoms with Gasteiger partial charge in [0.15, 0.2) is 18.1 Å². The maximum Gasteiger partial charge on any atom is 0.344 e. The summed E-state index contributed by atoms with van der Waals surface area (Å²) in [5.41, 5.74) is 3.46. The normalized spacial score (nSPS) is 18.4. The molecule has 1 aliphatic carbocycles. The molecule has 2 aliphatic rings. The van der Waals surface area contributed by atoms with Crippen LogP contribution >= 0.6 is 0 Å². The highest BCUT2D eigenvalue weighted by Crippen LogP contribution is 2.56. The molecule has 0 spiro atoms. The average Bonchev–Trinajstić information content (AvgIpc) is 3.60. The zero-order chi connectivity index (χ0) is 28.9. The zero-order valence-corrected chi connectivity index (χ0v) is 23.6. The molecule has 41 heavy (non-hydrogen) atoms. The quantitative estimate of drug-likeness (QED) is 0.291. The first-order chi connectivity index (χ1) is 20.0. The minimum absolute atomic E-state index is 0.147. The van der Waals surface area contributed by atoms with Crippen LogP contribution in [0.1, 0.15) is 54.4 Å². The van der Waals surface area contributed by atoms with E-state index in [9.17, 15) is 9.59 Å². The topological polar surface area (TPSA) is 98.8 Å². The number of ether oxygens (including phenoxy) is 7. The Hall–Kier alpha value is -4.40. The van der Waals surface area contributed by atoms with Gasteiger partial charge in [-0.15, -0.1) is 0 Å². The number of rotatable bonds is 11. The van der Waals surface area contributed by atoms with Crippen LogP contribution in [0.4, 0.5) is 0 Å². The van der Waals surface area contributed by atoms with Gasteiger partial charge in [-0.2, -0.15) is 0 Å². The van der Waals surface area contributed by atoms with Gasteiger partial charge in [0.05, 0.1) is 33.4 Å². The molecule has 0 bridgehead atoms. The fraction of sp³-hybridized carbons (Fsp3) is 0.375. The van der Waals surface area contributed by atoms with E-state index in [0.29, 0.717) is 40.9 Å². The van der Waals surface area contributed by atoms with E-state index in [-0.39, 0.29) is 31.9 Å². The molecule has 0 saturated heterocycles. The van der Waals surface area contributed by atoms with Crippen molar-refractivity contribution in [2.45, 2.75) is 32.1 Å². The van der Waals surface area contributed by atoms with Gasteiger partial charge in [-0.25, -0.2) is 4.79 Å². The smallest absolute Gasteiger partial charge is 0.344 e. The number of carbonyl (C=O) groups is 2. The highest BCUT2D eigenvalue weighted by Gasteiger charge is 2.48. The van der Waals surface area contributed by atoms with E-state index in [1.807, 2.05) is 55.5 Å². The first kappa shape index (κ1) is 28.1. The molecule has 3 aromatic carbocycles. The van der Waals surface area contributed by atoms with Crippen LogP contribution in [-0.2, 0) is 19.1 Å². The zero-order valence-electron chi connectivity index (χ0n) is 23.6. The van der Waals surface area contributed by atoms with Crippen LogP contribution < -0.4 is 23.7 Å². The van der Waals surface area contributed by atoms with Crippen LogP contribution in [0.2, 0.25) is 0 Å². The Morgan fingerprint density at radius 3 is 2.37 bits per heavy atom. The first-order valence-corrected chi connectivity index (χ1v) is 13.7. The van der Waals surface area contributed by atoms with E-state index in [1.165, 1.54) is 7.11 Å². The largest absolute Gasteiger partial charge is 0.497 e. The van der Waals surface area contributed by atoms with E-state index in [1.54, 1.807) is 20.1 Å². The van der Waals surface area contributed by atoms with Crippen molar-refractivity contribution in [3.63, 3.8) is 0 Å². The molecule has 0 radical (unpaired) electrons. The predicted octanol–water partition coefficient (Wildman–Crippen LogP) is 5.22. The summed E-state index contributed by atoms with van der Waals surface area (Å²) in [4.78, 5) is 25.9. The fourth-order valence-electron chi connectivity index (χ4n) is 5.62. The Balaban J connectivity index is 1.67. The molecule has 3 aromatic rings. The van der Waals surface area contributed by atoms with Crippen LogP contribution in [0, 0.1) is 5.92 Å². The van der Waals surface area contributed by atoms with E-state index < -0.39 is 17.8 Å². The summed E-state index contributed by atoms with van der Waals surface area (Å²) in [5.74, 6) is 0.569. The second-order valence-electron chi connectivity index (χ2n) is 9.75. The summed E-state index contributed by atoms with van der Waals surface area (Å²) in [6.45, 7) is 4.44. The van der Waals surface area contributed by atoms with E-state index >= 15 is 0 Å². The van der Waals surface area contributed by atoms with E-state index in [4.69, 9.17) is 33.2 Å². The molecule has 3 atom stereocenters. The van der Waals surface area contributed by atoms with Crippen LogP contribution in [0.5, 0.6) is 28.7 Å². The number of methoxy groups -OCH3 is 2. The number of carbonyl (C=O) groups excluding carboxylic acids is 2. The standard InChI is InChI=1S/C32H34O9/c1-5-13-38-21-9-10-22-24(15-21)30(23-11-8-20(35-3)16-26(23)39-17-28(33)37-6-2)31(32(34)36-4)29(22)19-7-12-25-27(14-19)41-18-40-25/h7-12,14-16,29-31H,5-6,13,17-18H2,1-4H3. The summed E-state index contributed by atoms with van der Waals surface area (Å²) in [7, 11) is 2.94. The average molecular weight is 563 g/mol. The lowest BCUT2D eigenvalue weighted by Gasteiger charge is -2.26. The minimum atomic E-state index is -0.657. The monoisotopic (exact) mass is 562 g/mol. The molecule has 9 nitrogen and oxygen atoms in total. The molecular weight excluding hydrogens is 528 g/mol. The molecule has 0 N–H and O–H groups in total. The highest BCUT2D eigenvalue weighted by atomic mass is 16.7. The number of fused-ring (bicyclic) bond motifs is 2. The van der Waals surface area contributed by atoms with Crippen LogP contribution in [0.25, 0.3) is 0 Å². The second kappa shape index (κ2) is 12.4. The number of hydrogen-bond acceptors (Lipinski definition) is 9. The van der Waals surface area contributed by atoms with Crippen molar-refractivity contribution in [1.29, 1.82) is 0 Å². The van der Waals surface area contributed by atoms with Crippen molar-refractivity contribution in [2.24, 2.45) is 5.92 Å². The van der Waals surface area contributed by atoms with Crippen molar-refractivity contribution in [3.8, 4) is 28.7 Å². The number of hydrogen-bond donors (Lipinski definition) is 0. The number of esters is 2. The van der Waals surface area contributed by atoms with Crippen LogP contribution in [0.15, 0.2) is 54.6 Å². The van der Waals surface area contributed by atoms with E-state index in [0.717, 1.165) is 23.1 Å². The predicted molar refractivity (Wildman–Crippen MR) is 149 cm³/mol. The van der Waals surface area contributed by atoms with E-state index in [2.05, 4.69) is 0 Å². The lowest BCUT2D eigenvalue weighted by Crippen LogP contribution is -2.26. The van der Waals surface area contributed by atoms with Gasteiger partial charge in [-0.3, -0.25) is 4.79 Å². The third kappa shape index (κ3) is 5.62. The molecule has 1 aliphatic heterocycles. The summed E-state index contributed by atoms with van der Waals surface area (Å²) < 4.78 is 39.1. The van der Waals surface area contributed by atoms with Crippen LogP contribution in [-0.4, -0.2) is 52.8 Å². The molecule has 0 fully saturated rings. The summed E-state index contributed by atoms with van der Waals surface area (Å²) in [6.07, 6.45) is 0.857. The Bertz CT molecular complexity index is 1420. The molecule has 0 aromatic heterocycles. The van der Waals surface area contributed by atoms with Crippen molar-refractivity contribution in [1.82, 2.24) is 0 Å². The lowest BCUT2D eigenvalue weighted by atomic mass is 9.79. The maximum absolute atomic E-state index is 13.7. The fourth-order valence-corrected chi connectivity index (χ4v) is 5.62. The van der Waals surface area contributed by atoms with Gasteiger partial charge >= 0.3 is 11.9 Å². The van der Waals surface area contributed by atoms with Gasteiger partial charge in [0.2, 0.25) is 6.79 Å². The highest BCUT2D eigenvalue weighted by molar-refractivity contribution is 5.80. The molecule has 0 amide bonds. The molecule has 216 valence electrons. The van der Waals surface area contributed by atoms with Gasteiger partial charge in [0.1, 0.15) is 17.2 Å². The molecule has 5 rings (SSSR count). The second-order valence-corrected chi connectivity index (χ2v) is 9.75. The summed E-state index contributed by atoms with van der Waals surface area (Å²) in [6, 6.07) is 17.0. The first-order valence-electron chi connectivity index (χ1n) is 13.7. The van der Waals surface area contributed by atoms with Gasteiger partial charge in [0.25, 0.3) is 0 Å². The number of benzene rings is 3. The molecule has 9 heteroatoms. The summed E-state index contributed by atoms with van der Waals surface area (Å²) in [5, 5.41) is 0. The van der Waals surface area contributed by atoms with Gasteiger partial charge in [0, 0.05) is 23.5 Å².